The maximum atomic E-state index is 13.0. The normalized spacial score (nSPS) is 11.5. The molecule has 6 nitrogen and oxygen atoms in total. The first-order valence-electron chi connectivity index (χ1n) is 5.55. The van der Waals surface area contributed by atoms with Gasteiger partial charge in [0.1, 0.15) is 11.6 Å². The lowest BCUT2D eigenvalue weighted by Crippen LogP contribution is -2.37. The maximum absolute atomic E-state index is 13.0. The van der Waals surface area contributed by atoms with Crippen LogP contribution in [0.25, 0.3) is 0 Å². The first-order valence-corrected chi connectivity index (χ1v) is 5.55. The van der Waals surface area contributed by atoms with Crippen molar-refractivity contribution in [2.75, 3.05) is 12.4 Å². The highest BCUT2D eigenvalue weighted by molar-refractivity contribution is 5.91. The van der Waals surface area contributed by atoms with Gasteiger partial charge in [-0.2, -0.15) is 0 Å². The third-order valence-electron chi connectivity index (χ3n) is 2.27. The highest BCUT2D eigenvalue weighted by Crippen LogP contribution is 2.24. The van der Waals surface area contributed by atoms with Gasteiger partial charge < -0.3 is 20.5 Å². The molecule has 0 aliphatic carbocycles. The number of amides is 2. The van der Waals surface area contributed by atoms with Crippen LogP contribution in [0.2, 0.25) is 0 Å². The summed E-state index contributed by atoms with van der Waals surface area (Å²) >= 11 is 0. The fraction of sp³-hybridized carbons (Fsp3) is 0.333. The zero-order valence-electron chi connectivity index (χ0n) is 10.6. The average Bonchev–Trinajstić information content (AvgIpc) is 2.30. The van der Waals surface area contributed by atoms with Gasteiger partial charge in [0.2, 0.25) is 0 Å². The van der Waals surface area contributed by atoms with Gasteiger partial charge in [0, 0.05) is 12.1 Å². The maximum Gasteiger partial charge on any atom is 0.319 e. The van der Waals surface area contributed by atoms with E-state index in [0.29, 0.717) is 5.69 Å². The number of ether oxygens (including phenoxy) is 1. The number of anilines is 1. The third kappa shape index (κ3) is 4.82. The molecule has 2 amide bonds. The molecule has 0 aromatic heterocycles. The minimum absolute atomic E-state index is 0.182. The van der Waals surface area contributed by atoms with E-state index in [4.69, 9.17) is 9.84 Å². The number of nitrogens with one attached hydrogen (secondary N) is 2. The average molecular weight is 270 g/mol. The Balaban J connectivity index is 2.64. The second kappa shape index (κ2) is 6.58. The van der Waals surface area contributed by atoms with E-state index in [1.54, 1.807) is 6.92 Å². The van der Waals surface area contributed by atoms with Crippen LogP contribution in [0.5, 0.6) is 5.75 Å². The minimum Gasteiger partial charge on any atom is -0.494 e. The lowest BCUT2D eigenvalue weighted by Gasteiger charge is -2.14. The fourth-order valence-electron chi connectivity index (χ4n) is 1.46. The summed E-state index contributed by atoms with van der Waals surface area (Å²) < 4.78 is 17.9. The summed E-state index contributed by atoms with van der Waals surface area (Å²) in [6.07, 6.45) is -0.187. The molecule has 0 spiro atoms. The van der Waals surface area contributed by atoms with Crippen molar-refractivity contribution in [2.45, 2.75) is 19.4 Å². The number of carboxylic acids is 1. The van der Waals surface area contributed by atoms with E-state index in [1.165, 1.54) is 19.2 Å². The molecule has 1 aromatic rings. The fourth-order valence-corrected chi connectivity index (χ4v) is 1.46. The summed E-state index contributed by atoms with van der Waals surface area (Å²) in [4.78, 5) is 22.0. The van der Waals surface area contributed by atoms with Crippen LogP contribution in [-0.2, 0) is 4.79 Å². The molecule has 1 rings (SSSR count). The van der Waals surface area contributed by atoms with Crippen LogP contribution >= 0.6 is 0 Å². The molecular formula is C12H15FN2O4. The molecule has 0 heterocycles. The van der Waals surface area contributed by atoms with Crippen molar-refractivity contribution in [1.82, 2.24) is 5.32 Å². The molecule has 0 fully saturated rings. The Hall–Kier alpha value is -2.31. The lowest BCUT2D eigenvalue weighted by atomic mass is 10.2. The molecule has 1 atom stereocenters. The zero-order valence-corrected chi connectivity index (χ0v) is 10.6. The number of aliphatic carboxylic acids is 1. The molecular weight excluding hydrogens is 255 g/mol. The highest BCUT2D eigenvalue weighted by atomic mass is 19.1. The summed E-state index contributed by atoms with van der Waals surface area (Å²) in [5, 5.41) is 13.5. The Morgan fingerprint density at radius 3 is 2.74 bits per heavy atom. The van der Waals surface area contributed by atoms with Gasteiger partial charge in [0.05, 0.1) is 19.2 Å². The van der Waals surface area contributed by atoms with Crippen LogP contribution < -0.4 is 15.4 Å². The van der Waals surface area contributed by atoms with Gasteiger partial charge in [0.25, 0.3) is 0 Å². The van der Waals surface area contributed by atoms with Crippen molar-refractivity contribution >= 4 is 17.7 Å². The molecule has 0 aliphatic heterocycles. The van der Waals surface area contributed by atoms with E-state index in [9.17, 15) is 14.0 Å². The van der Waals surface area contributed by atoms with Gasteiger partial charge in [-0.3, -0.25) is 4.79 Å². The standard InChI is InChI=1S/C12H15FN2O4/c1-7(5-11(16)17)14-12(18)15-9-4-3-8(13)6-10(9)19-2/h3-4,6-7H,5H2,1-2H3,(H,16,17)(H2,14,15,18). The topological polar surface area (TPSA) is 87.7 Å². The first-order chi connectivity index (χ1) is 8.92. The number of rotatable bonds is 5. The first kappa shape index (κ1) is 14.7. The number of methoxy groups -OCH3 is 1. The van der Waals surface area contributed by atoms with Crippen molar-refractivity contribution in [2.24, 2.45) is 0 Å². The summed E-state index contributed by atoms with van der Waals surface area (Å²) in [5.41, 5.74) is 0.295. The molecule has 19 heavy (non-hydrogen) atoms. The van der Waals surface area contributed by atoms with Gasteiger partial charge in [0.15, 0.2) is 0 Å². The molecule has 0 radical (unpaired) electrons. The van der Waals surface area contributed by atoms with E-state index < -0.39 is 23.9 Å². The van der Waals surface area contributed by atoms with Crippen LogP contribution in [0.4, 0.5) is 14.9 Å². The number of urea groups is 1. The van der Waals surface area contributed by atoms with Gasteiger partial charge in [-0.1, -0.05) is 0 Å². The smallest absolute Gasteiger partial charge is 0.319 e. The van der Waals surface area contributed by atoms with Gasteiger partial charge in [-0.25, -0.2) is 9.18 Å². The summed E-state index contributed by atoms with van der Waals surface area (Å²) in [6.45, 7) is 1.57. The number of carboxylic acid groups (broad SMARTS) is 1. The summed E-state index contributed by atoms with van der Waals surface area (Å²) in [5.74, 6) is -1.31. The molecule has 7 heteroatoms. The summed E-state index contributed by atoms with van der Waals surface area (Å²) in [7, 11) is 1.35. The van der Waals surface area contributed by atoms with Gasteiger partial charge in [-0.05, 0) is 19.1 Å². The molecule has 3 N–H and O–H groups in total. The van der Waals surface area contributed by atoms with Crippen LogP contribution in [0, 0.1) is 5.82 Å². The molecule has 0 bridgehead atoms. The molecule has 0 aliphatic rings. The minimum atomic E-state index is -1.01. The zero-order chi connectivity index (χ0) is 14.4. The predicted molar refractivity (Wildman–Crippen MR) is 66.8 cm³/mol. The molecule has 0 saturated carbocycles. The van der Waals surface area contributed by atoms with Crippen molar-refractivity contribution in [3.8, 4) is 5.75 Å². The number of hydrogen-bond acceptors (Lipinski definition) is 3. The van der Waals surface area contributed by atoms with E-state index in [1.807, 2.05) is 0 Å². The Bertz CT molecular complexity index is 479. The molecule has 1 unspecified atom stereocenters. The van der Waals surface area contributed by atoms with Crippen LogP contribution in [0.15, 0.2) is 18.2 Å². The number of benzene rings is 1. The molecule has 0 saturated heterocycles. The number of hydrogen-bond donors (Lipinski definition) is 3. The molecule has 1 aromatic carbocycles. The monoisotopic (exact) mass is 270 g/mol. The van der Waals surface area contributed by atoms with Crippen molar-refractivity contribution in [3.63, 3.8) is 0 Å². The Morgan fingerprint density at radius 2 is 2.16 bits per heavy atom. The van der Waals surface area contributed by atoms with Gasteiger partial charge in [-0.15, -0.1) is 0 Å². The van der Waals surface area contributed by atoms with E-state index in [2.05, 4.69) is 10.6 Å². The lowest BCUT2D eigenvalue weighted by molar-refractivity contribution is -0.137. The van der Waals surface area contributed by atoms with E-state index in [0.717, 1.165) is 6.07 Å². The van der Waals surface area contributed by atoms with E-state index in [-0.39, 0.29) is 12.2 Å². The van der Waals surface area contributed by atoms with Crippen molar-refractivity contribution < 1.29 is 23.8 Å². The third-order valence-corrected chi connectivity index (χ3v) is 2.27. The number of halogens is 1. The summed E-state index contributed by atoms with van der Waals surface area (Å²) in [6, 6.07) is 2.56. The predicted octanol–water partition coefficient (Wildman–Crippen LogP) is 1.82. The largest absolute Gasteiger partial charge is 0.494 e. The Labute approximate surface area is 109 Å². The Morgan fingerprint density at radius 1 is 1.47 bits per heavy atom. The second-order valence-electron chi connectivity index (χ2n) is 3.94. The SMILES string of the molecule is COc1cc(F)ccc1NC(=O)NC(C)CC(=O)O. The van der Waals surface area contributed by atoms with Crippen LogP contribution in [-0.4, -0.2) is 30.3 Å². The molecule has 104 valence electrons. The van der Waals surface area contributed by atoms with Crippen molar-refractivity contribution in [3.05, 3.63) is 24.0 Å². The van der Waals surface area contributed by atoms with Gasteiger partial charge >= 0.3 is 12.0 Å². The van der Waals surface area contributed by atoms with Crippen LogP contribution in [0.1, 0.15) is 13.3 Å². The second-order valence-corrected chi connectivity index (χ2v) is 3.94. The van der Waals surface area contributed by atoms with E-state index >= 15 is 0 Å². The van der Waals surface area contributed by atoms with Crippen LogP contribution in [0.3, 0.4) is 0 Å². The quantitative estimate of drug-likeness (QED) is 0.761. The number of carbonyl (C=O) groups excluding carboxylic acids is 1. The van der Waals surface area contributed by atoms with Crippen molar-refractivity contribution in [1.29, 1.82) is 0 Å². The highest BCUT2D eigenvalue weighted by Gasteiger charge is 2.13. The Kier molecular flexibility index (Phi) is 5.11. The number of carbonyl (C=O) groups is 2.